The molecular weight excluding hydrogens is 394 g/mol. The Morgan fingerprint density at radius 2 is 1.68 bits per heavy atom. The minimum atomic E-state index is -0.280. The number of carbonyl (C=O) groups excluding carboxylic acids is 2. The summed E-state index contributed by atoms with van der Waals surface area (Å²) in [4.78, 5) is 30.0. The molecule has 2 aromatic carbocycles. The lowest BCUT2D eigenvalue weighted by Gasteiger charge is -2.25. The Balaban J connectivity index is 2.22. The summed E-state index contributed by atoms with van der Waals surface area (Å²) in [7, 11) is 4.49. The van der Waals surface area contributed by atoms with Crippen molar-refractivity contribution in [3.8, 4) is 11.5 Å². The highest BCUT2D eigenvalue weighted by Gasteiger charge is 2.32. The number of nitrogens with zero attached hydrogens (tertiary/aromatic N) is 1. The predicted molar refractivity (Wildman–Crippen MR) is 120 cm³/mol. The number of rotatable bonds is 8. The molecule has 1 atom stereocenters. The third-order valence-corrected chi connectivity index (χ3v) is 5.19. The highest BCUT2D eigenvalue weighted by molar-refractivity contribution is 6.24. The van der Waals surface area contributed by atoms with Crippen LogP contribution in [0.15, 0.2) is 65.4 Å². The van der Waals surface area contributed by atoms with Crippen molar-refractivity contribution >= 4 is 17.8 Å². The maximum Gasteiger partial charge on any atom is 0.190 e. The van der Waals surface area contributed by atoms with Gasteiger partial charge in [-0.15, -0.1) is 0 Å². The van der Waals surface area contributed by atoms with Gasteiger partial charge in [0.25, 0.3) is 0 Å². The zero-order chi connectivity index (χ0) is 22.4. The Morgan fingerprint density at radius 1 is 1.00 bits per heavy atom. The summed E-state index contributed by atoms with van der Waals surface area (Å²) in [5.41, 5.74) is 3.23. The van der Waals surface area contributed by atoms with Crippen LogP contribution in [0.5, 0.6) is 11.5 Å². The number of ether oxygens (including phenoxy) is 2. The van der Waals surface area contributed by atoms with Crippen molar-refractivity contribution in [3.05, 3.63) is 82.5 Å². The van der Waals surface area contributed by atoms with Gasteiger partial charge >= 0.3 is 0 Å². The Morgan fingerprint density at radius 3 is 2.29 bits per heavy atom. The number of allylic oxidation sites excluding steroid dienone is 4. The molecule has 0 saturated heterocycles. The first-order valence-corrected chi connectivity index (χ1v) is 9.85. The third kappa shape index (κ3) is 4.58. The van der Waals surface area contributed by atoms with Crippen molar-refractivity contribution in [3.63, 3.8) is 0 Å². The lowest BCUT2D eigenvalue weighted by Crippen LogP contribution is -2.17. The van der Waals surface area contributed by atoms with Crippen LogP contribution in [0.2, 0.25) is 0 Å². The van der Waals surface area contributed by atoms with E-state index in [1.54, 1.807) is 12.3 Å². The van der Waals surface area contributed by atoms with Gasteiger partial charge in [-0.1, -0.05) is 41.6 Å². The molecule has 0 N–H and O–H groups in total. The molecule has 0 aromatic heterocycles. The molecule has 2 aromatic rings. The zero-order valence-corrected chi connectivity index (χ0v) is 18.0. The van der Waals surface area contributed by atoms with Gasteiger partial charge in [-0.3, -0.25) is 9.59 Å². The summed E-state index contributed by atoms with van der Waals surface area (Å²) >= 11 is 0. The molecule has 3 rings (SSSR count). The normalized spacial score (nSPS) is 14.5. The number of hydrogen-bond donors (Lipinski definition) is 0. The molecule has 0 radical (unpaired) electrons. The Hall–Kier alpha value is -3.67. The predicted octanol–water partition coefficient (Wildman–Crippen LogP) is 4.74. The highest BCUT2D eigenvalue weighted by atomic mass is 16.6. The van der Waals surface area contributed by atoms with Crippen LogP contribution in [0, 0.1) is 0 Å². The number of oxime groups is 1. The number of ketones is 2. The lowest BCUT2D eigenvalue weighted by molar-refractivity contribution is 0.0988. The van der Waals surface area contributed by atoms with Crippen molar-refractivity contribution in [2.75, 3.05) is 21.3 Å². The smallest absolute Gasteiger partial charge is 0.190 e. The first-order chi connectivity index (χ1) is 15.0. The molecule has 1 aliphatic rings. The quantitative estimate of drug-likeness (QED) is 0.456. The lowest BCUT2D eigenvalue weighted by atomic mass is 9.82. The van der Waals surface area contributed by atoms with E-state index in [2.05, 4.69) is 5.16 Å². The molecule has 6 nitrogen and oxygen atoms in total. The van der Waals surface area contributed by atoms with E-state index in [1.807, 2.05) is 43.3 Å². The van der Waals surface area contributed by atoms with Gasteiger partial charge in [0.1, 0.15) is 18.6 Å². The van der Waals surface area contributed by atoms with E-state index < -0.39 is 0 Å². The fraction of sp³-hybridized carbons (Fsp3) is 0.240. The SMILES string of the molecule is CON=CC(C)=CCC(c1ccccc1)c1cc(OC)c2c(c1OC)C(=O)C=CC2=O. The van der Waals surface area contributed by atoms with E-state index in [4.69, 9.17) is 14.3 Å². The summed E-state index contributed by atoms with van der Waals surface area (Å²) in [6.45, 7) is 1.93. The number of hydrogen-bond acceptors (Lipinski definition) is 6. The van der Waals surface area contributed by atoms with E-state index in [0.717, 1.165) is 16.7 Å². The van der Waals surface area contributed by atoms with Crippen LogP contribution in [-0.4, -0.2) is 39.1 Å². The molecule has 0 bridgehead atoms. The fourth-order valence-corrected chi connectivity index (χ4v) is 3.72. The van der Waals surface area contributed by atoms with Crippen molar-refractivity contribution in [1.82, 2.24) is 0 Å². The number of benzene rings is 2. The molecule has 1 aliphatic carbocycles. The van der Waals surface area contributed by atoms with Gasteiger partial charge in [0.2, 0.25) is 0 Å². The van der Waals surface area contributed by atoms with Crippen LogP contribution in [0.1, 0.15) is 51.1 Å². The van der Waals surface area contributed by atoms with Crippen molar-refractivity contribution < 1.29 is 23.9 Å². The molecular formula is C25H25NO5. The molecule has 0 saturated carbocycles. The van der Waals surface area contributed by atoms with Crippen LogP contribution in [0.25, 0.3) is 0 Å². The Kier molecular flexibility index (Phi) is 7.03. The van der Waals surface area contributed by atoms with E-state index in [9.17, 15) is 9.59 Å². The summed E-state index contributed by atoms with van der Waals surface area (Å²) in [5, 5.41) is 3.80. The standard InChI is InChI=1S/C25H25NO5/c1-16(15-26-31-4)10-11-18(17-8-6-5-7-9-17)19-14-22(29-2)23-20(27)12-13-21(28)24(23)25(19)30-3/h5-10,12-15,18H,11H2,1-4H3. The second-order valence-corrected chi connectivity index (χ2v) is 7.08. The molecule has 31 heavy (non-hydrogen) atoms. The molecule has 160 valence electrons. The topological polar surface area (TPSA) is 74.2 Å². The molecule has 0 aliphatic heterocycles. The van der Waals surface area contributed by atoms with Gasteiger partial charge in [0, 0.05) is 11.5 Å². The zero-order valence-electron chi connectivity index (χ0n) is 18.0. The average molecular weight is 419 g/mol. The summed E-state index contributed by atoms with van der Waals surface area (Å²) < 4.78 is 11.2. The monoisotopic (exact) mass is 419 g/mol. The second kappa shape index (κ2) is 9.89. The Bertz CT molecular complexity index is 1070. The van der Waals surface area contributed by atoms with E-state index in [0.29, 0.717) is 17.9 Å². The van der Waals surface area contributed by atoms with Crippen LogP contribution >= 0.6 is 0 Å². The number of methoxy groups -OCH3 is 2. The first-order valence-electron chi connectivity index (χ1n) is 9.85. The van der Waals surface area contributed by atoms with Crippen molar-refractivity contribution in [2.24, 2.45) is 5.16 Å². The molecule has 0 spiro atoms. The van der Waals surface area contributed by atoms with Crippen molar-refractivity contribution in [1.29, 1.82) is 0 Å². The number of carbonyl (C=O) groups is 2. The van der Waals surface area contributed by atoms with Gasteiger partial charge < -0.3 is 14.3 Å². The molecule has 1 unspecified atom stereocenters. The van der Waals surface area contributed by atoms with E-state index in [-0.39, 0.29) is 28.6 Å². The third-order valence-electron chi connectivity index (χ3n) is 5.19. The molecule has 0 heterocycles. The molecule has 6 heteroatoms. The largest absolute Gasteiger partial charge is 0.496 e. The Labute approximate surface area is 181 Å². The van der Waals surface area contributed by atoms with Gasteiger partial charge in [0.15, 0.2) is 11.6 Å². The minimum Gasteiger partial charge on any atom is -0.496 e. The van der Waals surface area contributed by atoms with E-state index >= 15 is 0 Å². The molecule has 0 amide bonds. The maximum atomic E-state index is 12.8. The van der Waals surface area contributed by atoms with Crippen LogP contribution in [0.3, 0.4) is 0 Å². The average Bonchev–Trinajstić information content (AvgIpc) is 2.80. The summed E-state index contributed by atoms with van der Waals surface area (Å²) in [6.07, 6.45) is 6.83. The van der Waals surface area contributed by atoms with Gasteiger partial charge in [-0.05, 0) is 42.7 Å². The molecule has 0 fully saturated rings. The summed E-state index contributed by atoms with van der Waals surface area (Å²) in [5.74, 6) is 0.0477. The second-order valence-electron chi connectivity index (χ2n) is 7.08. The maximum absolute atomic E-state index is 12.8. The fourth-order valence-electron chi connectivity index (χ4n) is 3.72. The van der Waals surface area contributed by atoms with Gasteiger partial charge in [-0.2, -0.15) is 0 Å². The summed E-state index contributed by atoms with van der Waals surface area (Å²) in [6, 6.07) is 11.7. The first kappa shape index (κ1) is 22.0. The van der Waals surface area contributed by atoms with Crippen LogP contribution < -0.4 is 9.47 Å². The van der Waals surface area contributed by atoms with Crippen LogP contribution in [0.4, 0.5) is 0 Å². The van der Waals surface area contributed by atoms with Crippen molar-refractivity contribution in [2.45, 2.75) is 19.3 Å². The minimum absolute atomic E-state index is 0.143. The van der Waals surface area contributed by atoms with Gasteiger partial charge in [-0.25, -0.2) is 0 Å². The van der Waals surface area contributed by atoms with E-state index in [1.165, 1.54) is 33.5 Å². The van der Waals surface area contributed by atoms with Crippen LogP contribution in [-0.2, 0) is 4.84 Å². The number of fused-ring (bicyclic) bond motifs is 1. The highest BCUT2D eigenvalue weighted by Crippen LogP contribution is 2.43. The van der Waals surface area contributed by atoms with Gasteiger partial charge in [0.05, 0.1) is 31.6 Å².